The van der Waals surface area contributed by atoms with E-state index in [-0.39, 0.29) is 5.91 Å². The number of quaternary nitrogens is 1. The fraction of sp³-hybridized carbons (Fsp3) is 0.550. The molecule has 1 saturated heterocycles. The Balaban J connectivity index is 1.25. The molecule has 6 nitrogen and oxygen atoms in total. The van der Waals surface area contributed by atoms with Gasteiger partial charge in [-0.25, -0.2) is 0 Å². The van der Waals surface area contributed by atoms with E-state index in [4.69, 9.17) is 0 Å². The molecule has 0 bridgehead atoms. The second kappa shape index (κ2) is 8.89. The molecule has 1 aromatic heterocycles. The van der Waals surface area contributed by atoms with Crippen molar-refractivity contribution in [1.29, 1.82) is 0 Å². The Hall–Kier alpha value is -1.86. The van der Waals surface area contributed by atoms with Crippen LogP contribution in [0, 0.1) is 0 Å². The maximum absolute atomic E-state index is 12.6. The fourth-order valence-corrected chi connectivity index (χ4v) is 4.80. The maximum Gasteiger partial charge on any atom is 0.233 e. The standard InChI is InChI=1S/C20H27N5OS/c26-19(16-27-20-22-21-18-9-5-2-6-10-25(18)20)24-13-11-23(12-14-24)15-17-7-3-1-4-8-17/h1,3-4,7-8H,2,5-6,9-16H2/p+1. The zero-order chi connectivity index (χ0) is 18.5. The van der Waals surface area contributed by atoms with Crippen LogP contribution in [0.2, 0.25) is 0 Å². The second-order valence-corrected chi connectivity index (χ2v) is 8.39. The van der Waals surface area contributed by atoms with Crippen molar-refractivity contribution in [2.75, 3.05) is 31.9 Å². The van der Waals surface area contributed by atoms with Gasteiger partial charge in [-0.2, -0.15) is 0 Å². The number of nitrogens with zero attached hydrogens (tertiary/aromatic N) is 4. The van der Waals surface area contributed by atoms with E-state index in [0.717, 1.165) is 56.7 Å². The number of fused-ring (bicyclic) bond motifs is 1. The highest BCUT2D eigenvalue weighted by Gasteiger charge is 2.24. The van der Waals surface area contributed by atoms with Crippen molar-refractivity contribution < 1.29 is 9.69 Å². The van der Waals surface area contributed by atoms with Crippen LogP contribution < -0.4 is 4.90 Å². The molecule has 0 aliphatic carbocycles. The Morgan fingerprint density at radius 2 is 1.85 bits per heavy atom. The largest absolute Gasteiger partial charge is 0.331 e. The van der Waals surface area contributed by atoms with Crippen molar-refractivity contribution in [2.24, 2.45) is 0 Å². The van der Waals surface area contributed by atoms with Gasteiger partial charge in [-0.1, -0.05) is 48.5 Å². The zero-order valence-electron chi connectivity index (χ0n) is 15.8. The molecule has 3 heterocycles. The van der Waals surface area contributed by atoms with Gasteiger partial charge >= 0.3 is 0 Å². The van der Waals surface area contributed by atoms with Crippen LogP contribution in [-0.2, 0) is 24.3 Å². The lowest BCUT2D eigenvalue weighted by Gasteiger charge is -2.32. The number of aromatic nitrogens is 3. The molecule has 0 spiro atoms. The molecule has 1 N–H and O–H groups in total. The quantitative estimate of drug-likeness (QED) is 0.780. The molecule has 1 aromatic carbocycles. The number of hydrogen-bond donors (Lipinski definition) is 1. The van der Waals surface area contributed by atoms with E-state index in [1.54, 1.807) is 16.7 Å². The maximum atomic E-state index is 12.6. The first-order valence-electron chi connectivity index (χ1n) is 10.00. The summed E-state index contributed by atoms with van der Waals surface area (Å²) in [5.41, 5.74) is 1.37. The van der Waals surface area contributed by atoms with Crippen LogP contribution in [0.5, 0.6) is 0 Å². The summed E-state index contributed by atoms with van der Waals surface area (Å²) in [4.78, 5) is 16.2. The van der Waals surface area contributed by atoms with Gasteiger partial charge in [0.2, 0.25) is 5.91 Å². The van der Waals surface area contributed by atoms with E-state index in [1.165, 1.54) is 24.8 Å². The number of piperazine rings is 1. The Labute approximate surface area is 164 Å². The molecule has 144 valence electrons. The summed E-state index contributed by atoms with van der Waals surface area (Å²) in [6.45, 7) is 5.76. The molecule has 0 saturated carbocycles. The van der Waals surface area contributed by atoms with Crippen molar-refractivity contribution >= 4 is 17.7 Å². The Morgan fingerprint density at radius 1 is 1.04 bits per heavy atom. The van der Waals surface area contributed by atoms with Crippen LogP contribution in [0.25, 0.3) is 0 Å². The summed E-state index contributed by atoms with van der Waals surface area (Å²) in [5.74, 6) is 1.77. The molecule has 1 amide bonds. The molecule has 0 radical (unpaired) electrons. The molecule has 2 aliphatic heterocycles. The van der Waals surface area contributed by atoms with E-state index < -0.39 is 0 Å². The van der Waals surface area contributed by atoms with E-state index in [9.17, 15) is 4.79 Å². The molecule has 27 heavy (non-hydrogen) atoms. The Morgan fingerprint density at radius 3 is 2.67 bits per heavy atom. The van der Waals surface area contributed by atoms with Crippen molar-refractivity contribution in [2.45, 2.75) is 43.9 Å². The van der Waals surface area contributed by atoms with Crippen LogP contribution in [0.4, 0.5) is 0 Å². The van der Waals surface area contributed by atoms with Gasteiger partial charge in [0.1, 0.15) is 12.4 Å². The lowest BCUT2D eigenvalue weighted by molar-refractivity contribution is -0.917. The van der Waals surface area contributed by atoms with Gasteiger partial charge in [0.15, 0.2) is 5.16 Å². The number of hydrogen-bond acceptors (Lipinski definition) is 4. The molecule has 4 rings (SSSR count). The molecule has 2 aliphatic rings. The summed E-state index contributed by atoms with van der Waals surface area (Å²) in [5, 5.41) is 9.55. The number of aryl methyl sites for hydroxylation is 1. The topological polar surface area (TPSA) is 55.5 Å². The molecule has 1 fully saturated rings. The molecular formula is C20H28N5OS+. The van der Waals surface area contributed by atoms with Crippen molar-refractivity contribution in [1.82, 2.24) is 19.7 Å². The van der Waals surface area contributed by atoms with Crippen LogP contribution in [0.3, 0.4) is 0 Å². The van der Waals surface area contributed by atoms with Crippen LogP contribution in [0.15, 0.2) is 35.5 Å². The number of carbonyl (C=O) groups is 1. The summed E-state index contributed by atoms with van der Waals surface area (Å²) >= 11 is 1.55. The second-order valence-electron chi connectivity index (χ2n) is 7.44. The van der Waals surface area contributed by atoms with E-state index >= 15 is 0 Å². The predicted octanol–water partition coefficient (Wildman–Crippen LogP) is 1.02. The summed E-state index contributed by atoms with van der Waals surface area (Å²) in [6.07, 6.45) is 4.63. The van der Waals surface area contributed by atoms with Gasteiger partial charge in [0, 0.05) is 18.5 Å². The van der Waals surface area contributed by atoms with Crippen LogP contribution in [0.1, 0.15) is 30.7 Å². The highest BCUT2D eigenvalue weighted by Crippen LogP contribution is 2.22. The first-order chi connectivity index (χ1) is 13.3. The van der Waals surface area contributed by atoms with E-state index in [2.05, 4.69) is 45.1 Å². The number of thioether (sulfide) groups is 1. The minimum atomic E-state index is 0.227. The van der Waals surface area contributed by atoms with Crippen molar-refractivity contribution in [3.63, 3.8) is 0 Å². The third-order valence-corrected chi connectivity index (χ3v) is 6.47. The normalized spacial score (nSPS) is 18.1. The first kappa shape index (κ1) is 18.5. The number of nitrogens with one attached hydrogen (secondary N) is 1. The van der Waals surface area contributed by atoms with E-state index in [1.807, 2.05) is 4.90 Å². The zero-order valence-corrected chi connectivity index (χ0v) is 16.6. The number of rotatable bonds is 5. The van der Waals surface area contributed by atoms with Crippen LogP contribution in [-0.4, -0.2) is 57.5 Å². The van der Waals surface area contributed by atoms with Gasteiger partial charge in [-0.05, 0) is 12.8 Å². The number of benzene rings is 1. The summed E-state index contributed by atoms with van der Waals surface area (Å²) < 4.78 is 2.22. The van der Waals surface area contributed by atoms with Gasteiger partial charge in [-0.3, -0.25) is 4.79 Å². The molecule has 2 aromatic rings. The van der Waals surface area contributed by atoms with Gasteiger partial charge in [0.05, 0.1) is 31.9 Å². The molecule has 0 atom stereocenters. The van der Waals surface area contributed by atoms with Gasteiger partial charge in [0.25, 0.3) is 0 Å². The monoisotopic (exact) mass is 386 g/mol. The first-order valence-corrected chi connectivity index (χ1v) is 11.0. The SMILES string of the molecule is O=C(CSc1nnc2n1CCCCC2)N1CC[NH+](Cc2ccccc2)CC1. The fourth-order valence-electron chi connectivity index (χ4n) is 3.92. The minimum Gasteiger partial charge on any atom is -0.331 e. The van der Waals surface area contributed by atoms with Crippen molar-refractivity contribution in [3.05, 3.63) is 41.7 Å². The number of amides is 1. The smallest absolute Gasteiger partial charge is 0.233 e. The molecule has 0 unspecified atom stereocenters. The lowest BCUT2D eigenvalue weighted by atomic mass is 10.2. The van der Waals surface area contributed by atoms with Gasteiger partial charge < -0.3 is 14.4 Å². The average molecular weight is 387 g/mol. The Kier molecular flexibility index (Phi) is 6.09. The minimum absolute atomic E-state index is 0.227. The lowest BCUT2D eigenvalue weighted by Crippen LogP contribution is -3.13. The third-order valence-electron chi connectivity index (χ3n) is 5.52. The summed E-state index contributed by atoms with van der Waals surface area (Å²) in [6, 6.07) is 10.6. The highest BCUT2D eigenvalue weighted by molar-refractivity contribution is 7.99. The molecule has 7 heteroatoms. The van der Waals surface area contributed by atoms with Crippen LogP contribution >= 0.6 is 11.8 Å². The molecular weight excluding hydrogens is 358 g/mol. The summed E-state index contributed by atoms with van der Waals surface area (Å²) in [7, 11) is 0. The average Bonchev–Trinajstić information content (AvgIpc) is 2.93. The predicted molar refractivity (Wildman–Crippen MR) is 106 cm³/mol. The third kappa shape index (κ3) is 4.71. The van der Waals surface area contributed by atoms with Gasteiger partial charge in [-0.15, -0.1) is 10.2 Å². The Bertz CT molecular complexity index is 755. The van der Waals surface area contributed by atoms with E-state index in [0.29, 0.717) is 5.75 Å². The number of carbonyl (C=O) groups excluding carboxylic acids is 1. The highest BCUT2D eigenvalue weighted by atomic mass is 32.2. The van der Waals surface area contributed by atoms with Crippen molar-refractivity contribution in [3.8, 4) is 0 Å².